The van der Waals surface area contributed by atoms with Gasteiger partial charge >= 0.3 is 5.97 Å². The summed E-state index contributed by atoms with van der Waals surface area (Å²) in [7, 11) is -4.27. The van der Waals surface area contributed by atoms with Gasteiger partial charge < -0.3 is 15.2 Å². The second-order valence-corrected chi connectivity index (χ2v) is 8.56. The molecule has 0 saturated carbocycles. The van der Waals surface area contributed by atoms with Crippen LogP contribution in [-0.4, -0.2) is 34.6 Å². The molecule has 0 fully saturated rings. The molecular formula is C17H10Cl3N3O6S. The standard InChI is InChI=1S/C17H10Cl3N3O6S/c18-8-5-6-10(12(20)11(8)19)30(28,29)23-9-4-2-1-3-7(9)15-21-13(17(26)27)14(24)16(25)22-15/h1-6,23-24H,(H,26,27)(H,21,22,25). The summed E-state index contributed by atoms with van der Waals surface area (Å²) < 4.78 is 28.0. The molecule has 13 heteroatoms. The van der Waals surface area contributed by atoms with E-state index in [1.807, 2.05) is 0 Å². The number of carbonyl (C=O) groups is 1. The van der Waals surface area contributed by atoms with E-state index in [0.29, 0.717) is 0 Å². The monoisotopic (exact) mass is 489 g/mol. The number of aromatic nitrogens is 2. The number of rotatable bonds is 5. The van der Waals surface area contributed by atoms with E-state index < -0.39 is 33.0 Å². The fourth-order valence-electron chi connectivity index (χ4n) is 2.44. The van der Waals surface area contributed by atoms with Crippen molar-refractivity contribution in [3.05, 3.63) is 67.5 Å². The minimum Gasteiger partial charge on any atom is -0.501 e. The summed E-state index contributed by atoms with van der Waals surface area (Å²) >= 11 is 17.8. The van der Waals surface area contributed by atoms with Crippen LogP contribution in [0.25, 0.3) is 11.4 Å². The topological polar surface area (TPSA) is 149 Å². The second-order valence-electron chi connectivity index (χ2n) is 5.74. The van der Waals surface area contributed by atoms with E-state index in [2.05, 4.69) is 14.7 Å². The number of carboxylic acids is 1. The highest BCUT2D eigenvalue weighted by atomic mass is 35.5. The number of sulfonamides is 1. The zero-order valence-corrected chi connectivity index (χ0v) is 17.6. The fraction of sp³-hybridized carbons (Fsp3) is 0. The fourth-order valence-corrected chi connectivity index (χ4v) is 4.50. The van der Waals surface area contributed by atoms with Crippen molar-refractivity contribution in [2.75, 3.05) is 4.72 Å². The number of H-pyrrole nitrogens is 1. The number of aromatic carboxylic acids is 1. The number of benzene rings is 2. The van der Waals surface area contributed by atoms with E-state index in [-0.39, 0.29) is 37.0 Å². The van der Waals surface area contributed by atoms with Gasteiger partial charge in [0.25, 0.3) is 15.6 Å². The van der Waals surface area contributed by atoms with Gasteiger partial charge in [0.05, 0.1) is 20.8 Å². The third-order valence-electron chi connectivity index (χ3n) is 3.81. The minimum atomic E-state index is -4.27. The van der Waals surface area contributed by atoms with Gasteiger partial charge in [-0.15, -0.1) is 0 Å². The maximum Gasteiger partial charge on any atom is 0.358 e. The molecule has 4 N–H and O–H groups in total. The van der Waals surface area contributed by atoms with Crippen LogP contribution >= 0.6 is 34.8 Å². The van der Waals surface area contributed by atoms with Crippen LogP contribution in [0, 0.1) is 0 Å². The van der Waals surface area contributed by atoms with Gasteiger partial charge in [-0.05, 0) is 24.3 Å². The lowest BCUT2D eigenvalue weighted by molar-refractivity contribution is 0.0686. The van der Waals surface area contributed by atoms with Gasteiger partial charge in [0.2, 0.25) is 5.75 Å². The van der Waals surface area contributed by atoms with Gasteiger partial charge in [-0.25, -0.2) is 18.2 Å². The Balaban J connectivity index is 2.13. The largest absolute Gasteiger partial charge is 0.501 e. The van der Waals surface area contributed by atoms with E-state index in [9.17, 15) is 23.1 Å². The number of halogens is 3. The highest BCUT2D eigenvalue weighted by molar-refractivity contribution is 7.92. The Bertz CT molecular complexity index is 1340. The van der Waals surface area contributed by atoms with Crippen molar-refractivity contribution < 1.29 is 23.4 Å². The van der Waals surface area contributed by atoms with Crippen molar-refractivity contribution in [2.45, 2.75) is 4.90 Å². The van der Waals surface area contributed by atoms with Crippen molar-refractivity contribution >= 4 is 56.5 Å². The molecule has 0 saturated heterocycles. The minimum absolute atomic E-state index is 0.0388. The van der Waals surface area contributed by atoms with Gasteiger partial charge in [0, 0.05) is 5.56 Å². The third-order valence-corrected chi connectivity index (χ3v) is 6.63. The molecule has 30 heavy (non-hydrogen) atoms. The first kappa shape index (κ1) is 21.9. The van der Waals surface area contributed by atoms with Gasteiger partial charge in [-0.2, -0.15) is 0 Å². The van der Waals surface area contributed by atoms with Gasteiger partial charge in [0.15, 0.2) is 5.69 Å². The van der Waals surface area contributed by atoms with Crippen LogP contribution in [0.5, 0.6) is 5.75 Å². The normalized spacial score (nSPS) is 11.3. The van der Waals surface area contributed by atoms with Gasteiger partial charge in [0.1, 0.15) is 10.7 Å². The first-order valence-corrected chi connectivity index (χ1v) is 10.5. The lowest BCUT2D eigenvalue weighted by Gasteiger charge is -2.14. The molecule has 3 aromatic rings. The van der Waals surface area contributed by atoms with Crippen molar-refractivity contribution in [3.63, 3.8) is 0 Å². The van der Waals surface area contributed by atoms with Crippen LogP contribution in [0.4, 0.5) is 5.69 Å². The van der Waals surface area contributed by atoms with Crippen LogP contribution in [-0.2, 0) is 10.0 Å². The molecule has 1 aromatic heterocycles. The van der Waals surface area contributed by atoms with Crippen molar-refractivity contribution in [2.24, 2.45) is 0 Å². The predicted octanol–water partition coefficient (Wildman–Crippen LogP) is 3.60. The molecule has 0 atom stereocenters. The first-order chi connectivity index (χ1) is 14.0. The second kappa shape index (κ2) is 8.15. The number of aromatic hydroxyl groups is 1. The predicted molar refractivity (Wildman–Crippen MR) is 111 cm³/mol. The van der Waals surface area contributed by atoms with E-state index in [1.54, 1.807) is 0 Å². The van der Waals surface area contributed by atoms with Crippen LogP contribution < -0.4 is 10.3 Å². The number of aromatic amines is 1. The molecule has 0 radical (unpaired) electrons. The van der Waals surface area contributed by atoms with E-state index in [1.165, 1.54) is 30.3 Å². The maximum absolute atomic E-state index is 12.8. The molecular weight excluding hydrogens is 481 g/mol. The number of para-hydroxylation sites is 1. The van der Waals surface area contributed by atoms with Crippen molar-refractivity contribution in [1.82, 2.24) is 9.97 Å². The summed E-state index contributed by atoms with van der Waals surface area (Å²) in [6.45, 7) is 0. The molecule has 9 nitrogen and oxygen atoms in total. The molecule has 0 amide bonds. The molecule has 0 unspecified atom stereocenters. The Morgan fingerprint density at radius 1 is 1.07 bits per heavy atom. The number of nitrogens with one attached hydrogen (secondary N) is 2. The van der Waals surface area contributed by atoms with E-state index >= 15 is 0 Å². The van der Waals surface area contributed by atoms with E-state index in [4.69, 9.17) is 39.9 Å². The molecule has 2 aromatic carbocycles. The molecule has 0 aliphatic heterocycles. The molecule has 0 bridgehead atoms. The molecule has 156 valence electrons. The van der Waals surface area contributed by atoms with E-state index in [0.717, 1.165) is 6.07 Å². The molecule has 1 heterocycles. The molecule has 0 spiro atoms. The smallest absolute Gasteiger partial charge is 0.358 e. The number of anilines is 1. The summed E-state index contributed by atoms with van der Waals surface area (Å²) in [5, 5.41) is 18.3. The summed E-state index contributed by atoms with van der Waals surface area (Å²) in [6.07, 6.45) is 0. The number of carboxylic acid groups (broad SMARTS) is 1. The Labute approximate surface area is 183 Å². The summed E-state index contributed by atoms with van der Waals surface area (Å²) in [6, 6.07) is 8.15. The van der Waals surface area contributed by atoms with Crippen LogP contribution in [0.15, 0.2) is 46.1 Å². The zero-order chi connectivity index (χ0) is 22.2. The summed E-state index contributed by atoms with van der Waals surface area (Å²) in [4.78, 5) is 28.7. The highest BCUT2D eigenvalue weighted by Crippen LogP contribution is 2.36. The van der Waals surface area contributed by atoms with Crippen molar-refractivity contribution in [1.29, 1.82) is 0 Å². The highest BCUT2D eigenvalue weighted by Gasteiger charge is 2.24. The SMILES string of the molecule is O=C(O)c1nc(-c2ccccc2NS(=O)(=O)c2ccc(Cl)c(Cl)c2Cl)[nH]c(=O)c1O. The first-order valence-electron chi connectivity index (χ1n) is 7.85. The summed E-state index contributed by atoms with van der Waals surface area (Å²) in [5.41, 5.74) is -2.01. The van der Waals surface area contributed by atoms with Crippen LogP contribution in [0.2, 0.25) is 15.1 Å². The number of hydrogen-bond donors (Lipinski definition) is 4. The maximum atomic E-state index is 12.8. The Morgan fingerprint density at radius 2 is 1.73 bits per heavy atom. The van der Waals surface area contributed by atoms with Crippen LogP contribution in [0.1, 0.15) is 10.5 Å². The lowest BCUT2D eigenvalue weighted by atomic mass is 10.1. The van der Waals surface area contributed by atoms with Gasteiger partial charge in [-0.1, -0.05) is 46.9 Å². The average Bonchev–Trinajstić information content (AvgIpc) is 2.68. The Hall–Kier alpha value is -2.79. The number of hydrogen-bond acceptors (Lipinski definition) is 6. The lowest BCUT2D eigenvalue weighted by Crippen LogP contribution is -2.17. The molecule has 3 rings (SSSR count). The zero-order valence-electron chi connectivity index (χ0n) is 14.5. The number of nitrogens with zero attached hydrogens (tertiary/aromatic N) is 1. The average molecular weight is 491 g/mol. The van der Waals surface area contributed by atoms with Crippen LogP contribution in [0.3, 0.4) is 0 Å². The molecule has 0 aliphatic rings. The quantitative estimate of drug-likeness (QED) is 0.399. The Kier molecular flexibility index (Phi) is 5.95. The third kappa shape index (κ3) is 4.08. The van der Waals surface area contributed by atoms with Crippen molar-refractivity contribution in [3.8, 4) is 17.1 Å². The summed E-state index contributed by atoms with van der Waals surface area (Å²) in [5.74, 6) is -3.00. The Morgan fingerprint density at radius 3 is 2.40 bits per heavy atom. The van der Waals surface area contributed by atoms with Gasteiger partial charge in [-0.3, -0.25) is 9.52 Å². The molecule has 0 aliphatic carbocycles.